The molecule has 0 rings (SSSR count). The Morgan fingerprint density at radius 1 is 0.513 bits per heavy atom. The number of aliphatic hydroxyl groups is 2. The van der Waals surface area contributed by atoms with E-state index in [4.69, 9.17) is 10.2 Å². The predicted octanol–water partition coefficient (Wildman–Crippen LogP) is 5.32. The summed E-state index contributed by atoms with van der Waals surface area (Å²) in [4.78, 5) is 0. The van der Waals surface area contributed by atoms with Crippen molar-refractivity contribution in [3.05, 3.63) is 0 Å². The van der Waals surface area contributed by atoms with Crippen LogP contribution < -0.4 is 0 Å². The summed E-state index contributed by atoms with van der Waals surface area (Å²) in [5.41, 5.74) is -6.31. The maximum absolute atomic E-state index is 13.0. The van der Waals surface area contributed by atoms with Gasteiger partial charge in [-0.3, -0.25) is 4.18 Å². The summed E-state index contributed by atoms with van der Waals surface area (Å²) in [5.74, 6) is -50.1. The number of hydrogen-bond acceptors (Lipinski definition) is 5. The van der Waals surface area contributed by atoms with Crippen LogP contribution >= 0.6 is 0 Å². The van der Waals surface area contributed by atoms with E-state index in [0.29, 0.717) is 0 Å². The van der Waals surface area contributed by atoms with Gasteiger partial charge in [0.1, 0.15) is 19.8 Å². The lowest BCUT2D eigenvalue weighted by molar-refractivity contribution is -0.373. The van der Waals surface area contributed by atoms with Gasteiger partial charge in [-0.2, -0.15) is 91.8 Å². The number of halogens is 19. The van der Waals surface area contributed by atoms with Crippen molar-refractivity contribution < 1.29 is 106 Å². The highest BCUT2D eigenvalue weighted by Crippen LogP contribution is 2.54. The van der Waals surface area contributed by atoms with Crippen molar-refractivity contribution in [2.24, 2.45) is 0 Å². The molecule has 0 heterocycles. The number of hydrogen-bond donors (Lipinski definition) is 2. The van der Waals surface area contributed by atoms with Crippen molar-refractivity contribution >= 4 is 10.1 Å². The third-order valence-electron chi connectivity index (χ3n) is 4.15. The first kappa shape index (κ1) is 39.6. The van der Waals surface area contributed by atoms with Crippen LogP contribution in [0.5, 0.6) is 0 Å². The standard InChI is InChI=1S/C8H7F11O3S.C6H6F8O2/c1-2-4(9,10)6(13,14)7(15,16)5(11,12)3-22-23(20,21)8(17,18)19;7-3(8,1-15)5(11,12)6(13,14)4(9,10)2-16/h2-3H2,1H3;15-16H,1-2H2. The Morgan fingerprint density at radius 3 is 1.00 bits per heavy atom. The molecule has 0 aliphatic carbocycles. The summed E-state index contributed by atoms with van der Waals surface area (Å²) in [5, 5.41) is 15.5. The molecule has 0 bridgehead atoms. The quantitative estimate of drug-likeness (QED) is 0.169. The SMILES string of the molecule is CCC(F)(F)C(F)(F)C(F)(F)C(F)(F)COS(=O)(=O)C(F)(F)F.OCC(F)(F)C(F)(F)C(F)(F)C(F)(F)CO. The van der Waals surface area contributed by atoms with Crippen molar-refractivity contribution in [1.29, 1.82) is 0 Å². The van der Waals surface area contributed by atoms with Crippen molar-refractivity contribution in [2.75, 3.05) is 19.8 Å². The minimum atomic E-state index is -6.90. The van der Waals surface area contributed by atoms with E-state index in [2.05, 4.69) is 4.18 Å². The molecule has 0 aromatic rings. The molecule has 0 saturated heterocycles. The molecule has 5 nitrogen and oxygen atoms in total. The van der Waals surface area contributed by atoms with E-state index < -0.39 is 89.2 Å². The van der Waals surface area contributed by atoms with Crippen LogP contribution in [-0.4, -0.2) is 91.3 Å². The zero-order valence-corrected chi connectivity index (χ0v) is 18.9. The molecule has 0 fully saturated rings. The average Bonchev–Trinajstić information content (AvgIpc) is 2.76. The van der Waals surface area contributed by atoms with Gasteiger partial charge in [0, 0.05) is 6.42 Å². The van der Waals surface area contributed by atoms with Crippen LogP contribution in [0.2, 0.25) is 0 Å². The Labute approximate surface area is 203 Å². The molecule has 0 amide bonds. The van der Waals surface area contributed by atoms with Gasteiger partial charge in [0.15, 0.2) is 0 Å². The zero-order chi connectivity index (χ0) is 32.5. The van der Waals surface area contributed by atoms with E-state index in [1.54, 1.807) is 0 Å². The van der Waals surface area contributed by atoms with E-state index >= 15 is 0 Å². The van der Waals surface area contributed by atoms with Gasteiger partial charge in [-0.05, 0) is 0 Å². The molecule has 2 N–H and O–H groups in total. The van der Waals surface area contributed by atoms with Gasteiger partial charge >= 0.3 is 63.0 Å². The number of rotatable bonds is 12. The summed E-state index contributed by atoms with van der Waals surface area (Å²) >= 11 is 0. The average molecular weight is 654 g/mol. The highest BCUT2D eigenvalue weighted by molar-refractivity contribution is 7.87. The predicted molar refractivity (Wildman–Crippen MR) is 85.0 cm³/mol. The topological polar surface area (TPSA) is 83.8 Å². The monoisotopic (exact) mass is 654 g/mol. The molecule has 0 aromatic carbocycles. The maximum Gasteiger partial charge on any atom is 0.523 e. The fourth-order valence-corrected chi connectivity index (χ4v) is 2.09. The third-order valence-corrected chi connectivity index (χ3v) is 5.14. The van der Waals surface area contributed by atoms with Crippen LogP contribution in [0.15, 0.2) is 0 Å². The lowest BCUT2D eigenvalue weighted by Gasteiger charge is -2.36. The summed E-state index contributed by atoms with van der Waals surface area (Å²) in [7, 11) is -6.82. The minimum Gasteiger partial charge on any atom is -0.390 e. The zero-order valence-electron chi connectivity index (χ0n) is 18.0. The minimum absolute atomic E-state index is 0.257. The van der Waals surface area contributed by atoms with Crippen molar-refractivity contribution in [1.82, 2.24) is 0 Å². The highest BCUT2D eigenvalue weighted by atomic mass is 32.2. The van der Waals surface area contributed by atoms with Crippen LogP contribution in [-0.2, 0) is 14.3 Å². The molecule has 0 unspecified atom stereocenters. The Hall–Kier alpha value is -1.50. The van der Waals surface area contributed by atoms with Crippen LogP contribution in [0.1, 0.15) is 13.3 Å². The molecule has 0 aromatic heterocycles. The first-order valence-electron chi connectivity index (χ1n) is 8.84. The number of alkyl halides is 19. The Kier molecular flexibility index (Phi) is 11.6. The second kappa shape index (κ2) is 11.4. The van der Waals surface area contributed by atoms with Gasteiger partial charge in [0.05, 0.1) is 0 Å². The van der Waals surface area contributed by atoms with Crippen LogP contribution in [0, 0.1) is 0 Å². The van der Waals surface area contributed by atoms with Gasteiger partial charge in [-0.1, -0.05) is 6.92 Å². The normalized spacial score (nSPS) is 15.6. The largest absolute Gasteiger partial charge is 0.523 e. The van der Waals surface area contributed by atoms with E-state index in [9.17, 15) is 91.8 Å². The Balaban J connectivity index is 0. The first-order chi connectivity index (χ1) is 16.6. The second-order valence-corrected chi connectivity index (χ2v) is 8.55. The van der Waals surface area contributed by atoms with Gasteiger partial charge in [-0.25, -0.2) is 0 Å². The van der Waals surface area contributed by atoms with Crippen LogP contribution in [0.25, 0.3) is 0 Å². The molecular weight excluding hydrogens is 641 g/mol. The third kappa shape index (κ3) is 7.23. The molecule has 0 saturated carbocycles. The molecule has 0 aliphatic heterocycles. The summed E-state index contributed by atoms with van der Waals surface area (Å²) in [6, 6.07) is 0. The molecule has 0 aliphatic rings. The number of aliphatic hydroxyl groups excluding tert-OH is 2. The maximum atomic E-state index is 13.0. The second-order valence-electron chi connectivity index (χ2n) is 6.95. The van der Waals surface area contributed by atoms with Crippen molar-refractivity contribution in [3.63, 3.8) is 0 Å². The molecular formula is C14H13F19O5S. The lowest BCUT2D eigenvalue weighted by atomic mass is 9.97. The van der Waals surface area contributed by atoms with Crippen LogP contribution in [0.3, 0.4) is 0 Å². The Bertz CT molecular complexity index is 886. The van der Waals surface area contributed by atoms with Gasteiger partial charge in [0.25, 0.3) is 0 Å². The van der Waals surface area contributed by atoms with Crippen molar-refractivity contribution in [3.8, 4) is 0 Å². The lowest BCUT2D eigenvalue weighted by Crippen LogP contribution is -2.64. The summed E-state index contributed by atoms with van der Waals surface area (Å²) in [6.45, 7) is -8.64. The summed E-state index contributed by atoms with van der Waals surface area (Å²) < 4.78 is 260. The van der Waals surface area contributed by atoms with E-state index in [1.807, 2.05) is 0 Å². The molecule has 25 heteroatoms. The van der Waals surface area contributed by atoms with Gasteiger partial charge in [-0.15, -0.1) is 0 Å². The fraction of sp³-hybridized carbons (Fsp3) is 1.00. The molecule has 39 heavy (non-hydrogen) atoms. The van der Waals surface area contributed by atoms with E-state index in [0.717, 1.165) is 0 Å². The van der Waals surface area contributed by atoms with Crippen molar-refractivity contribution in [2.45, 2.75) is 66.2 Å². The highest BCUT2D eigenvalue weighted by Gasteiger charge is 2.81. The molecule has 0 atom stereocenters. The van der Waals surface area contributed by atoms with E-state index in [-0.39, 0.29) is 6.92 Å². The van der Waals surface area contributed by atoms with Gasteiger partial charge in [0.2, 0.25) is 0 Å². The smallest absolute Gasteiger partial charge is 0.390 e. The molecule has 0 spiro atoms. The Morgan fingerprint density at radius 2 is 0.769 bits per heavy atom. The summed E-state index contributed by atoms with van der Waals surface area (Å²) in [6.07, 6.45) is -2.01. The molecule has 238 valence electrons. The van der Waals surface area contributed by atoms with E-state index in [1.165, 1.54) is 0 Å². The van der Waals surface area contributed by atoms with Gasteiger partial charge < -0.3 is 10.2 Å². The van der Waals surface area contributed by atoms with Crippen LogP contribution in [0.4, 0.5) is 83.4 Å². The first-order valence-corrected chi connectivity index (χ1v) is 10.2. The molecule has 0 radical (unpaired) electrons. The fourth-order valence-electron chi connectivity index (χ4n) is 1.65.